The largest absolute Gasteiger partial charge is 0.392 e. The van der Waals surface area contributed by atoms with Gasteiger partial charge in [0.15, 0.2) is 0 Å². The van der Waals surface area contributed by atoms with E-state index in [1.165, 1.54) is 12.1 Å². The van der Waals surface area contributed by atoms with Crippen LogP contribution in [-0.2, 0) is 4.79 Å². The number of aliphatic hydroxyl groups is 1. The number of rotatable bonds is 1. The van der Waals surface area contributed by atoms with Crippen molar-refractivity contribution < 1.29 is 19.1 Å². The van der Waals surface area contributed by atoms with Gasteiger partial charge in [-0.25, -0.2) is 4.39 Å². The van der Waals surface area contributed by atoms with Crippen molar-refractivity contribution in [3.05, 3.63) is 41.3 Å². The van der Waals surface area contributed by atoms with Crippen LogP contribution in [0.1, 0.15) is 35.3 Å². The highest BCUT2D eigenvalue weighted by atomic mass is 19.1. The number of aryl methyl sites for hydroxylation is 1. The Morgan fingerprint density at radius 3 is 3.00 bits per heavy atom. The summed E-state index contributed by atoms with van der Waals surface area (Å²) in [6.45, 7) is 2.92. The van der Waals surface area contributed by atoms with Crippen molar-refractivity contribution in [1.29, 1.82) is 0 Å². The molecule has 2 saturated heterocycles. The van der Waals surface area contributed by atoms with Crippen molar-refractivity contribution in [3.8, 4) is 0 Å². The van der Waals surface area contributed by atoms with E-state index in [4.69, 9.17) is 0 Å². The standard InChI is InChI=1S/C20H22FN3O3/c1-12-9-15(14-4-3-13(21)10-16(14)23-12)18(26)24-8-5-17(25)20(11-24)6-2-7-22-19(20)27/h3-4,9-10,17,25H,2,5-8,11H2,1H3,(H,22,27)/t17-,20+/m0/s1. The van der Waals surface area contributed by atoms with E-state index >= 15 is 0 Å². The number of nitrogens with one attached hydrogen (secondary N) is 1. The molecule has 1 aromatic heterocycles. The maximum atomic E-state index is 13.6. The van der Waals surface area contributed by atoms with Gasteiger partial charge >= 0.3 is 0 Å². The number of halogens is 1. The zero-order valence-electron chi connectivity index (χ0n) is 15.2. The summed E-state index contributed by atoms with van der Waals surface area (Å²) in [7, 11) is 0. The lowest BCUT2D eigenvalue weighted by Crippen LogP contribution is -2.62. The molecule has 0 saturated carbocycles. The molecule has 0 radical (unpaired) electrons. The SMILES string of the molecule is Cc1cc(C(=O)N2CC[C@H](O)[C@@]3(CCCNC3=O)C2)c2ccc(F)cc2n1. The summed E-state index contributed by atoms with van der Waals surface area (Å²) in [6, 6.07) is 5.88. The van der Waals surface area contributed by atoms with E-state index in [2.05, 4.69) is 10.3 Å². The highest BCUT2D eigenvalue weighted by Crippen LogP contribution is 2.38. The van der Waals surface area contributed by atoms with Gasteiger partial charge in [-0.05, 0) is 44.4 Å². The van der Waals surface area contributed by atoms with E-state index in [0.717, 1.165) is 6.42 Å². The lowest BCUT2D eigenvalue weighted by molar-refractivity contribution is -0.147. The molecule has 142 valence electrons. The quantitative estimate of drug-likeness (QED) is 0.801. The van der Waals surface area contributed by atoms with Crippen LogP contribution in [0.2, 0.25) is 0 Å². The topological polar surface area (TPSA) is 82.5 Å². The summed E-state index contributed by atoms with van der Waals surface area (Å²) in [5.41, 5.74) is 0.551. The summed E-state index contributed by atoms with van der Waals surface area (Å²) >= 11 is 0. The number of carbonyl (C=O) groups excluding carboxylic acids is 2. The molecule has 2 atom stereocenters. The van der Waals surface area contributed by atoms with Gasteiger partial charge < -0.3 is 15.3 Å². The van der Waals surface area contributed by atoms with Crippen LogP contribution in [0.4, 0.5) is 4.39 Å². The first-order valence-electron chi connectivity index (χ1n) is 9.23. The fourth-order valence-corrected chi connectivity index (χ4v) is 4.30. The summed E-state index contributed by atoms with van der Waals surface area (Å²) in [5.74, 6) is -0.809. The molecule has 2 aliphatic heterocycles. The average Bonchev–Trinajstić information content (AvgIpc) is 2.64. The van der Waals surface area contributed by atoms with Crippen LogP contribution in [0, 0.1) is 18.2 Å². The summed E-state index contributed by atoms with van der Waals surface area (Å²) < 4.78 is 13.6. The first kappa shape index (κ1) is 17.9. The van der Waals surface area contributed by atoms with Gasteiger partial charge in [0.05, 0.1) is 22.6 Å². The third-order valence-corrected chi connectivity index (χ3v) is 5.74. The molecule has 2 aliphatic rings. The second-order valence-electron chi connectivity index (χ2n) is 7.52. The van der Waals surface area contributed by atoms with Crippen LogP contribution in [0.25, 0.3) is 10.9 Å². The van der Waals surface area contributed by atoms with E-state index in [9.17, 15) is 19.1 Å². The molecule has 6 nitrogen and oxygen atoms in total. The van der Waals surface area contributed by atoms with Crippen LogP contribution in [0.15, 0.2) is 24.3 Å². The number of hydrogen-bond donors (Lipinski definition) is 2. The molecule has 2 aromatic rings. The van der Waals surface area contributed by atoms with Crippen LogP contribution < -0.4 is 5.32 Å². The zero-order valence-corrected chi connectivity index (χ0v) is 15.2. The van der Waals surface area contributed by atoms with Gasteiger partial charge in [-0.3, -0.25) is 14.6 Å². The van der Waals surface area contributed by atoms with E-state index in [0.29, 0.717) is 48.1 Å². The van der Waals surface area contributed by atoms with Gasteiger partial charge in [0.1, 0.15) is 5.82 Å². The minimum Gasteiger partial charge on any atom is -0.392 e. The number of likely N-dealkylation sites (tertiary alicyclic amines) is 1. The molecule has 0 aliphatic carbocycles. The van der Waals surface area contributed by atoms with Crippen LogP contribution in [0.3, 0.4) is 0 Å². The maximum Gasteiger partial charge on any atom is 0.254 e. The Morgan fingerprint density at radius 2 is 2.22 bits per heavy atom. The molecule has 3 heterocycles. The molecule has 27 heavy (non-hydrogen) atoms. The van der Waals surface area contributed by atoms with Crippen molar-refractivity contribution in [2.24, 2.45) is 5.41 Å². The molecular formula is C20H22FN3O3. The zero-order chi connectivity index (χ0) is 19.2. The number of piperidine rings is 2. The number of carbonyl (C=O) groups is 2. The molecule has 2 amide bonds. The molecular weight excluding hydrogens is 349 g/mol. The predicted molar refractivity (Wildman–Crippen MR) is 97.6 cm³/mol. The molecule has 2 N–H and O–H groups in total. The van der Waals surface area contributed by atoms with Crippen molar-refractivity contribution in [2.75, 3.05) is 19.6 Å². The molecule has 4 rings (SSSR count). The Morgan fingerprint density at radius 1 is 1.41 bits per heavy atom. The maximum absolute atomic E-state index is 13.6. The van der Waals surface area contributed by atoms with Gasteiger partial charge in [-0.1, -0.05) is 0 Å². The number of nitrogens with zero attached hydrogens (tertiary/aromatic N) is 2. The lowest BCUT2D eigenvalue weighted by Gasteiger charge is -2.46. The number of pyridine rings is 1. The highest BCUT2D eigenvalue weighted by molar-refractivity contribution is 6.06. The second-order valence-corrected chi connectivity index (χ2v) is 7.52. The average molecular weight is 371 g/mol. The van der Waals surface area contributed by atoms with Crippen LogP contribution in [0.5, 0.6) is 0 Å². The molecule has 1 spiro atoms. The molecule has 2 fully saturated rings. The highest BCUT2D eigenvalue weighted by Gasteiger charge is 2.50. The molecule has 0 bridgehead atoms. The third kappa shape index (κ3) is 2.96. The Hall–Kier alpha value is -2.54. The van der Waals surface area contributed by atoms with Crippen molar-refractivity contribution in [3.63, 3.8) is 0 Å². The fourth-order valence-electron chi connectivity index (χ4n) is 4.30. The minimum atomic E-state index is -0.948. The summed E-state index contributed by atoms with van der Waals surface area (Å²) in [4.78, 5) is 31.8. The second kappa shape index (κ2) is 6.56. The fraction of sp³-hybridized carbons (Fsp3) is 0.450. The van der Waals surface area contributed by atoms with Crippen LogP contribution in [-0.4, -0.2) is 52.5 Å². The first-order valence-corrected chi connectivity index (χ1v) is 9.23. The van der Waals surface area contributed by atoms with E-state index in [1.807, 2.05) is 0 Å². The minimum absolute atomic E-state index is 0.183. The van der Waals surface area contributed by atoms with Crippen molar-refractivity contribution in [2.45, 2.75) is 32.3 Å². The van der Waals surface area contributed by atoms with E-state index in [1.54, 1.807) is 24.0 Å². The van der Waals surface area contributed by atoms with Crippen molar-refractivity contribution >= 4 is 22.7 Å². The van der Waals surface area contributed by atoms with E-state index < -0.39 is 17.3 Å². The molecule has 1 aromatic carbocycles. The van der Waals surface area contributed by atoms with Gasteiger partial charge in [0.2, 0.25) is 5.91 Å². The summed E-state index contributed by atoms with van der Waals surface area (Å²) in [5, 5.41) is 13.9. The lowest BCUT2D eigenvalue weighted by atomic mass is 9.71. The third-order valence-electron chi connectivity index (χ3n) is 5.74. The smallest absolute Gasteiger partial charge is 0.254 e. The monoisotopic (exact) mass is 371 g/mol. The number of fused-ring (bicyclic) bond motifs is 1. The molecule has 0 unspecified atom stereocenters. The number of amides is 2. The Balaban J connectivity index is 1.71. The number of hydrogen-bond acceptors (Lipinski definition) is 4. The Kier molecular flexibility index (Phi) is 4.34. The number of aromatic nitrogens is 1. The first-order chi connectivity index (χ1) is 12.9. The van der Waals surface area contributed by atoms with Gasteiger partial charge in [0.25, 0.3) is 5.91 Å². The normalized spacial score (nSPS) is 25.7. The van der Waals surface area contributed by atoms with E-state index in [-0.39, 0.29) is 18.4 Å². The van der Waals surface area contributed by atoms with Gasteiger partial charge in [0, 0.05) is 36.8 Å². The van der Waals surface area contributed by atoms with Crippen LogP contribution >= 0.6 is 0 Å². The Labute approximate surface area is 156 Å². The Bertz CT molecular complexity index is 927. The van der Waals surface area contributed by atoms with Gasteiger partial charge in [-0.2, -0.15) is 0 Å². The van der Waals surface area contributed by atoms with Crippen molar-refractivity contribution in [1.82, 2.24) is 15.2 Å². The molecule has 7 heteroatoms. The number of benzene rings is 1. The number of aliphatic hydroxyl groups excluding tert-OH is 1. The predicted octanol–water partition coefficient (Wildman–Crippen LogP) is 1.79. The summed E-state index contributed by atoms with van der Waals surface area (Å²) in [6.07, 6.45) is 0.939. The van der Waals surface area contributed by atoms with Gasteiger partial charge in [-0.15, -0.1) is 0 Å².